The Hall–Kier alpha value is -2.08. The number of halogens is 8. The van der Waals surface area contributed by atoms with Crippen LogP contribution in [0, 0.1) is 0 Å². The van der Waals surface area contributed by atoms with Gasteiger partial charge in [0.05, 0.1) is 23.4 Å². The van der Waals surface area contributed by atoms with Crippen LogP contribution in [0.4, 0.5) is 26.3 Å². The van der Waals surface area contributed by atoms with E-state index < -0.39 is 46.8 Å². The molecule has 1 aromatic carbocycles. The lowest BCUT2D eigenvalue weighted by Crippen LogP contribution is -2.30. The van der Waals surface area contributed by atoms with E-state index in [1.165, 1.54) is 6.07 Å². The smallest absolute Gasteiger partial charge is 0.417 e. The van der Waals surface area contributed by atoms with Crippen molar-refractivity contribution >= 4 is 30.8 Å². The largest absolute Gasteiger partial charge is 0.456 e. The monoisotopic (exact) mass is 633 g/mol. The Labute approximate surface area is 250 Å². The van der Waals surface area contributed by atoms with Crippen molar-refractivity contribution in [3.8, 4) is 11.3 Å². The number of likely N-dealkylation sites (N-methyl/N-ethyl adjacent to an activating group) is 1. The molecule has 0 aliphatic carbocycles. The number of carbonyl (C=O) groups excluding carboxylic acids is 1. The molecular formula is C28H39Cl2F6N3O2. The Morgan fingerprint density at radius 3 is 1.90 bits per heavy atom. The maximum absolute atomic E-state index is 13.8. The van der Waals surface area contributed by atoms with Crippen LogP contribution in [-0.2, 0) is 21.9 Å². The molecule has 234 valence electrons. The molecule has 0 radical (unpaired) electrons. The molecule has 0 saturated carbocycles. The number of rotatable bonds is 14. The summed E-state index contributed by atoms with van der Waals surface area (Å²) in [5.41, 5.74) is -4.13. The number of alkyl halides is 6. The standard InChI is InChI=1S/C28H37F6N3O2.2ClH/c1-5-7-15-37(16-8-6-2)17-13-24(39-25(38)19-36(3)4)20-12-14-35-23(18-20)26-21(27(29,30)31)10-9-11-22(26)28(32,33)34;;/h9-12,14,18,24H,5-8,13,15-17,19H2,1-4H3;2*1H. The van der Waals surface area contributed by atoms with E-state index in [1.807, 2.05) is 0 Å². The zero-order valence-corrected chi connectivity index (χ0v) is 25.3. The summed E-state index contributed by atoms with van der Waals surface area (Å²) in [4.78, 5) is 20.3. The van der Waals surface area contributed by atoms with Crippen molar-refractivity contribution in [1.29, 1.82) is 0 Å². The number of esters is 1. The molecule has 0 fully saturated rings. The average Bonchev–Trinajstić information content (AvgIpc) is 2.85. The normalized spacial score (nSPS) is 12.6. The van der Waals surface area contributed by atoms with Gasteiger partial charge in [-0.2, -0.15) is 26.3 Å². The molecule has 1 aromatic heterocycles. The van der Waals surface area contributed by atoms with Gasteiger partial charge in [0.25, 0.3) is 0 Å². The summed E-state index contributed by atoms with van der Waals surface area (Å²) in [7, 11) is 3.37. The van der Waals surface area contributed by atoms with Crippen LogP contribution in [0.1, 0.15) is 68.7 Å². The Morgan fingerprint density at radius 1 is 0.902 bits per heavy atom. The van der Waals surface area contributed by atoms with Gasteiger partial charge in [-0.15, -0.1) is 24.8 Å². The van der Waals surface area contributed by atoms with E-state index in [1.54, 1.807) is 19.0 Å². The lowest BCUT2D eigenvalue weighted by atomic mass is 9.95. The van der Waals surface area contributed by atoms with Gasteiger partial charge in [0.1, 0.15) is 6.10 Å². The van der Waals surface area contributed by atoms with Crippen LogP contribution in [0.2, 0.25) is 0 Å². The quantitative estimate of drug-likeness (QED) is 0.155. The van der Waals surface area contributed by atoms with Gasteiger partial charge in [-0.1, -0.05) is 32.8 Å². The fourth-order valence-corrected chi connectivity index (χ4v) is 4.23. The third-order valence-electron chi connectivity index (χ3n) is 6.17. The highest BCUT2D eigenvalue weighted by Gasteiger charge is 2.41. The fourth-order valence-electron chi connectivity index (χ4n) is 4.23. The van der Waals surface area contributed by atoms with Gasteiger partial charge in [-0.05, 0) is 69.9 Å². The molecule has 13 heteroatoms. The Bertz CT molecular complexity index is 1030. The Morgan fingerprint density at radius 2 is 1.44 bits per heavy atom. The van der Waals surface area contributed by atoms with Crippen LogP contribution in [0.25, 0.3) is 11.3 Å². The molecule has 2 aromatic rings. The fraction of sp³-hybridized carbons (Fsp3) is 0.571. The van der Waals surface area contributed by atoms with E-state index in [4.69, 9.17) is 4.74 Å². The van der Waals surface area contributed by atoms with Gasteiger partial charge in [0, 0.05) is 24.7 Å². The number of hydrogen-bond donors (Lipinski definition) is 0. The summed E-state index contributed by atoms with van der Waals surface area (Å²) >= 11 is 0. The van der Waals surface area contributed by atoms with Crippen molar-refractivity contribution in [2.75, 3.05) is 40.3 Å². The first-order valence-electron chi connectivity index (χ1n) is 13.1. The summed E-state index contributed by atoms with van der Waals surface area (Å²) < 4.78 is 88.5. The average molecular weight is 635 g/mol. The number of nitrogens with zero attached hydrogens (tertiary/aromatic N) is 3. The third-order valence-corrected chi connectivity index (χ3v) is 6.17. The van der Waals surface area contributed by atoms with E-state index >= 15 is 0 Å². The van der Waals surface area contributed by atoms with Crippen molar-refractivity contribution in [1.82, 2.24) is 14.8 Å². The second-order valence-corrected chi connectivity index (χ2v) is 9.75. The lowest BCUT2D eigenvalue weighted by molar-refractivity contribution is -0.150. The minimum absolute atomic E-state index is 0. The van der Waals surface area contributed by atoms with E-state index in [0.717, 1.165) is 57.1 Å². The second-order valence-electron chi connectivity index (χ2n) is 9.75. The molecule has 2 rings (SSSR count). The molecule has 5 nitrogen and oxygen atoms in total. The first-order valence-corrected chi connectivity index (χ1v) is 13.1. The Balaban J connectivity index is 0.00000800. The third kappa shape index (κ3) is 12.4. The van der Waals surface area contributed by atoms with Crippen LogP contribution in [0.3, 0.4) is 0 Å². The van der Waals surface area contributed by atoms with Gasteiger partial charge >= 0.3 is 18.3 Å². The number of carbonyl (C=O) groups is 1. The minimum atomic E-state index is -5.04. The Kier molecular flexibility index (Phi) is 16.9. The van der Waals surface area contributed by atoms with E-state index in [2.05, 4.69) is 23.7 Å². The summed E-state index contributed by atoms with van der Waals surface area (Å²) in [5, 5.41) is 0. The molecule has 0 N–H and O–H groups in total. The molecule has 41 heavy (non-hydrogen) atoms. The molecule has 1 heterocycles. The SMILES string of the molecule is CCCCN(CCCC)CCC(OC(=O)CN(C)C)c1ccnc(-c2c(C(F)(F)F)cccc2C(F)(F)F)c1.Cl.Cl. The van der Waals surface area contributed by atoms with Crippen LogP contribution >= 0.6 is 24.8 Å². The van der Waals surface area contributed by atoms with Crippen molar-refractivity contribution in [2.45, 2.75) is 64.4 Å². The van der Waals surface area contributed by atoms with Crippen molar-refractivity contribution in [2.24, 2.45) is 0 Å². The van der Waals surface area contributed by atoms with Crippen LogP contribution in [-0.4, -0.2) is 61.0 Å². The molecule has 0 aliphatic rings. The number of unbranched alkanes of at least 4 members (excludes halogenated alkanes) is 2. The topological polar surface area (TPSA) is 45.7 Å². The first kappa shape index (κ1) is 38.9. The number of ether oxygens (including phenoxy) is 1. The van der Waals surface area contributed by atoms with Crippen LogP contribution < -0.4 is 0 Å². The number of benzene rings is 1. The maximum atomic E-state index is 13.8. The number of hydrogen-bond acceptors (Lipinski definition) is 5. The maximum Gasteiger partial charge on any atom is 0.417 e. The highest BCUT2D eigenvalue weighted by Crippen LogP contribution is 2.44. The number of aromatic nitrogens is 1. The van der Waals surface area contributed by atoms with Crippen molar-refractivity contribution in [3.63, 3.8) is 0 Å². The van der Waals surface area contributed by atoms with Gasteiger partial charge in [0.2, 0.25) is 0 Å². The molecule has 0 aliphatic heterocycles. The second kappa shape index (κ2) is 17.8. The van der Waals surface area contributed by atoms with Crippen LogP contribution in [0.5, 0.6) is 0 Å². The van der Waals surface area contributed by atoms with Crippen molar-refractivity contribution < 1.29 is 35.9 Å². The van der Waals surface area contributed by atoms with E-state index in [9.17, 15) is 31.1 Å². The lowest BCUT2D eigenvalue weighted by Gasteiger charge is -2.26. The predicted octanol–water partition coefficient (Wildman–Crippen LogP) is 8.07. The summed E-state index contributed by atoms with van der Waals surface area (Å²) in [5.74, 6) is -0.552. The van der Waals surface area contributed by atoms with Gasteiger partial charge in [-0.3, -0.25) is 14.7 Å². The molecule has 0 spiro atoms. The van der Waals surface area contributed by atoms with Crippen molar-refractivity contribution in [3.05, 3.63) is 53.2 Å². The van der Waals surface area contributed by atoms with Gasteiger partial charge in [-0.25, -0.2) is 0 Å². The number of pyridine rings is 1. The summed E-state index contributed by atoms with van der Waals surface area (Å²) in [6.07, 6.45) is -5.53. The minimum Gasteiger partial charge on any atom is -0.456 e. The molecule has 0 amide bonds. The molecular weight excluding hydrogens is 595 g/mol. The van der Waals surface area contributed by atoms with Crippen LogP contribution in [0.15, 0.2) is 36.5 Å². The van der Waals surface area contributed by atoms with E-state index in [-0.39, 0.29) is 36.9 Å². The summed E-state index contributed by atoms with van der Waals surface area (Å²) in [6, 6.07) is 4.56. The zero-order chi connectivity index (χ0) is 29.2. The summed E-state index contributed by atoms with van der Waals surface area (Å²) in [6.45, 7) is 6.35. The highest BCUT2D eigenvalue weighted by molar-refractivity contribution is 5.85. The molecule has 0 bridgehead atoms. The highest BCUT2D eigenvalue weighted by atomic mass is 35.5. The molecule has 1 atom stereocenters. The predicted molar refractivity (Wildman–Crippen MR) is 152 cm³/mol. The first-order chi connectivity index (χ1) is 18.3. The molecule has 0 saturated heterocycles. The molecule has 1 unspecified atom stereocenters. The zero-order valence-electron chi connectivity index (χ0n) is 23.6. The van der Waals surface area contributed by atoms with Gasteiger partial charge < -0.3 is 9.64 Å². The van der Waals surface area contributed by atoms with E-state index in [0.29, 0.717) is 25.1 Å². The van der Waals surface area contributed by atoms with Gasteiger partial charge in [0.15, 0.2) is 0 Å².